The Bertz CT molecular complexity index is 795. The zero-order chi connectivity index (χ0) is 18.8. The van der Waals surface area contributed by atoms with Gasteiger partial charge in [0.2, 0.25) is 5.91 Å². The van der Waals surface area contributed by atoms with Crippen LogP contribution in [-0.2, 0) is 4.79 Å². The minimum Gasteiger partial charge on any atom is -0.497 e. The van der Waals surface area contributed by atoms with Crippen molar-refractivity contribution in [2.24, 2.45) is 0 Å². The highest BCUT2D eigenvalue weighted by Crippen LogP contribution is 2.43. The van der Waals surface area contributed by atoms with Crippen LogP contribution in [0.2, 0.25) is 0 Å². The van der Waals surface area contributed by atoms with E-state index in [0.717, 1.165) is 27.8 Å². The number of hydrogen-bond donors (Lipinski definition) is 0. The first-order valence-electron chi connectivity index (χ1n) is 9.66. The van der Waals surface area contributed by atoms with Crippen molar-refractivity contribution in [2.75, 3.05) is 19.7 Å². The molecule has 1 saturated heterocycles. The van der Waals surface area contributed by atoms with Crippen molar-refractivity contribution >= 4 is 17.7 Å². The summed E-state index contributed by atoms with van der Waals surface area (Å²) in [5.41, 5.74) is 1.69. The SMILES string of the molecule is COc1cccc([C@@H]2CC(=O)N3CN(C4CCCCC4)CSC3=C2C#N)c1. The summed E-state index contributed by atoms with van der Waals surface area (Å²) in [7, 11) is 1.63. The normalized spacial score (nSPS) is 24.5. The number of amides is 1. The fourth-order valence-electron chi connectivity index (χ4n) is 4.40. The molecule has 0 aromatic heterocycles. The van der Waals surface area contributed by atoms with E-state index in [-0.39, 0.29) is 11.8 Å². The molecule has 3 aliphatic rings. The summed E-state index contributed by atoms with van der Waals surface area (Å²) in [6.45, 7) is 0.627. The molecule has 2 fully saturated rings. The first-order valence-corrected chi connectivity index (χ1v) is 10.6. The third-order valence-corrected chi connectivity index (χ3v) is 7.08. The maximum Gasteiger partial charge on any atom is 0.229 e. The maximum atomic E-state index is 13.0. The van der Waals surface area contributed by atoms with E-state index in [0.29, 0.717) is 19.1 Å². The van der Waals surface area contributed by atoms with E-state index in [1.54, 1.807) is 18.9 Å². The number of nitrogens with zero attached hydrogens (tertiary/aromatic N) is 3. The molecule has 1 saturated carbocycles. The minimum absolute atomic E-state index is 0.116. The lowest BCUT2D eigenvalue weighted by molar-refractivity contribution is -0.132. The first kappa shape index (κ1) is 18.4. The lowest BCUT2D eigenvalue weighted by Crippen LogP contribution is -2.51. The average molecular weight is 384 g/mol. The number of methoxy groups -OCH3 is 1. The van der Waals surface area contributed by atoms with Gasteiger partial charge < -0.3 is 4.74 Å². The second-order valence-corrected chi connectivity index (χ2v) is 8.41. The predicted octanol–water partition coefficient (Wildman–Crippen LogP) is 4.04. The highest BCUT2D eigenvalue weighted by molar-refractivity contribution is 8.03. The molecule has 6 heteroatoms. The summed E-state index contributed by atoms with van der Waals surface area (Å²) in [6, 6.07) is 10.7. The lowest BCUT2D eigenvalue weighted by Gasteiger charge is -2.44. The van der Waals surface area contributed by atoms with E-state index >= 15 is 0 Å². The molecule has 142 valence electrons. The third kappa shape index (κ3) is 3.59. The van der Waals surface area contributed by atoms with Crippen LogP contribution >= 0.6 is 11.8 Å². The molecule has 1 atom stereocenters. The van der Waals surface area contributed by atoms with Gasteiger partial charge >= 0.3 is 0 Å². The molecular formula is C21H25N3O2S. The number of thioether (sulfide) groups is 1. The lowest BCUT2D eigenvalue weighted by atomic mass is 9.86. The number of rotatable bonds is 3. The number of carbonyl (C=O) groups excluding carboxylic acids is 1. The summed E-state index contributed by atoms with van der Waals surface area (Å²) < 4.78 is 5.32. The summed E-state index contributed by atoms with van der Waals surface area (Å²) in [6.07, 6.45) is 6.68. The first-order chi connectivity index (χ1) is 13.2. The largest absolute Gasteiger partial charge is 0.497 e. The molecular weight excluding hydrogens is 358 g/mol. The Labute approximate surface area is 165 Å². The van der Waals surface area contributed by atoms with Gasteiger partial charge in [0, 0.05) is 18.4 Å². The molecule has 5 nitrogen and oxygen atoms in total. The van der Waals surface area contributed by atoms with Crippen molar-refractivity contribution in [3.8, 4) is 11.8 Å². The Morgan fingerprint density at radius 1 is 1.26 bits per heavy atom. The van der Waals surface area contributed by atoms with Gasteiger partial charge in [-0.3, -0.25) is 14.6 Å². The van der Waals surface area contributed by atoms with Gasteiger partial charge in [-0.05, 0) is 30.5 Å². The van der Waals surface area contributed by atoms with Gasteiger partial charge in [-0.25, -0.2) is 0 Å². The molecule has 1 aromatic rings. The Kier molecular flexibility index (Phi) is 5.42. The van der Waals surface area contributed by atoms with E-state index in [1.165, 1.54) is 32.1 Å². The smallest absolute Gasteiger partial charge is 0.229 e. The topological polar surface area (TPSA) is 56.6 Å². The highest BCUT2D eigenvalue weighted by atomic mass is 32.2. The summed E-state index contributed by atoms with van der Waals surface area (Å²) >= 11 is 1.65. The van der Waals surface area contributed by atoms with Crippen LogP contribution < -0.4 is 4.74 Å². The molecule has 4 rings (SSSR count). The molecule has 1 aromatic carbocycles. The zero-order valence-electron chi connectivity index (χ0n) is 15.7. The molecule has 2 heterocycles. The van der Waals surface area contributed by atoms with Crippen molar-refractivity contribution in [1.29, 1.82) is 5.26 Å². The standard InChI is InChI=1S/C21H25N3O2S/c1-26-17-9-5-6-15(10-17)18-11-20(25)24-13-23(16-7-3-2-4-8-16)14-27-21(24)19(18)12-22/h5-6,9-10,16,18H,2-4,7-8,11,13-14H2,1H3/t18-/m0/s1. The van der Waals surface area contributed by atoms with Crippen molar-refractivity contribution in [2.45, 2.75) is 50.5 Å². The molecule has 0 unspecified atom stereocenters. The summed E-state index contributed by atoms with van der Waals surface area (Å²) in [4.78, 5) is 17.2. The molecule has 2 aliphatic heterocycles. The van der Waals surface area contributed by atoms with E-state index in [1.807, 2.05) is 29.2 Å². The molecule has 1 aliphatic carbocycles. The van der Waals surface area contributed by atoms with Crippen LogP contribution in [0.15, 0.2) is 34.9 Å². The number of hydrogen-bond acceptors (Lipinski definition) is 5. The van der Waals surface area contributed by atoms with Crippen LogP contribution in [-0.4, -0.2) is 41.4 Å². The van der Waals surface area contributed by atoms with Gasteiger partial charge in [0.15, 0.2) is 0 Å². The predicted molar refractivity (Wildman–Crippen MR) is 106 cm³/mol. The van der Waals surface area contributed by atoms with Crippen LogP contribution in [0.4, 0.5) is 0 Å². The molecule has 0 spiro atoms. The number of nitriles is 1. The van der Waals surface area contributed by atoms with E-state index < -0.39 is 0 Å². The minimum atomic E-state index is -0.183. The number of ether oxygens (including phenoxy) is 1. The van der Waals surface area contributed by atoms with Crippen LogP contribution in [0.5, 0.6) is 5.75 Å². The van der Waals surface area contributed by atoms with Crippen LogP contribution in [0.1, 0.15) is 50.0 Å². The van der Waals surface area contributed by atoms with Gasteiger partial charge in [0.25, 0.3) is 0 Å². The van der Waals surface area contributed by atoms with Crippen molar-refractivity contribution < 1.29 is 9.53 Å². The highest BCUT2D eigenvalue weighted by Gasteiger charge is 2.39. The number of carbonyl (C=O) groups is 1. The molecule has 27 heavy (non-hydrogen) atoms. The van der Waals surface area contributed by atoms with Gasteiger partial charge in [-0.1, -0.05) is 43.2 Å². The number of benzene rings is 1. The monoisotopic (exact) mass is 383 g/mol. The fourth-order valence-corrected chi connectivity index (χ4v) is 5.63. The van der Waals surface area contributed by atoms with Crippen molar-refractivity contribution in [1.82, 2.24) is 9.80 Å². The van der Waals surface area contributed by atoms with Crippen LogP contribution in [0.3, 0.4) is 0 Å². The Hall–Kier alpha value is -1.97. The Balaban J connectivity index is 1.61. The second kappa shape index (κ2) is 7.95. The molecule has 1 amide bonds. The van der Waals surface area contributed by atoms with Crippen LogP contribution in [0, 0.1) is 11.3 Å². The maximum absolute atomic E-state index is 13.0. The number of allylic oxidation sites excluding steroid dienone is 1. The zero-order valence-corrected chi connectivity index (χ0v) is 16.5. The third-order valence-electron chi connectivity index (χ3n) is 5.90. The van der Waals surface area contributed by atoms with Crippen molar-refractivity contribution in [3.05, 3.63) is 40.4 Å². The quantitative estimate of drug-likeness (QED) is 0.788. The average Bonchev–Trinajstić information content (AvgIpc) is 2.74. The second-order valence-electron chi connectivity index (χ2n) is 7.48. The molecule has 0 radical (unpaired) electrons. The van der Waals surface area contributed by atoms with E-state index in [9.17, 15) is 10.1 Å². The van der Waals surface area contributed by atoms with Crippen molar-refractivity contribution in [3.63, 3.8) is 0 Å². The van der Waals surface area contributed by atoms with Gasteiger partial charge in [-0.15, -0.1) is 0 Å². The summed E-state index contributed by atoms with van der Waals surface area (Å²) in [5, 5.41) is 10.7. The van der Waals surface area contributed by atoms with Gasteiger partial charge in [-0.2, -0.15) is 5.26 Å². The number of fused-ring (bicyclic) bond motifs is 1. The summed E-state index contributed by atoms with van der Waals surface area (Å²) in [5.74, 6) is 1.55. The fraction of sp³-hybridized carbons (Fsp3) is 0.524. The van der Waals surface area contributed by atoms with Crippen LogP contribution in [0.25, 0.3) is 0 Å². The van der Waals surface area contributed by atoms with E-state index in [2.05, 4.69) is 11.0 Å². The molecule has 0 bridgehead atoms. The Morgan fingerprint density at radius 2 is 2.07 bits per heavy atom. The van der Waals surface area contributed by atoms with Gasteiger partial charge in [0.05, 0.1) is 36.3 Å². The van der Waals surface area contributed by atoms with E-state index in [4.69, 9.17) is 4.74 Å². The molecule has 0 N–H and O–H groups in total. The van der Waals surface area contributed by atoms with Gasteiger partial charge in [0.1, 0.15) is 5.75 Å². The Morgan fingerprint density at radius 3 is 2.81 bits per heavy atom.